The molecule has 0 unspecified atom stereocenters. The van der Waals surface area contributed by atoms with E-state index in [1.807, 2.05) is 19.1 Å². The van der Waals surface area contributed by atoms with E-state index in [1.54, 1.807) is 36.7 Å². The maximum Gasteiger partial charge on any atom is 0.226 e. The summed E-state index contributed by atoms with van der Waals surface area (Å²) in [7, 11) is 0. The Bertz CT molecular complexity index is 1150. The SMILES string of the molecule is Cc1ccc(Nc2ccc(C(=O)c3c[nH]c4ccc(Cl)cc34)c(F)n2)cn1. The van der Waals surface area contributed by atoms with E-state index in [0.29, 0.717) is 21.7 Å². The average Bonchev–Trinajstić information content (AvgIpc) is 3.06. The van der Waals surface area contributed by atoms with Gasteiger partial charge in [0, 0.05) is 33.4 Å². The summed E-state index contributed by atoms with van der Waals surface area (Å²) in [5.74, 6) is -1.02. The smallest absolute Gasteiger partial charge is 0.226 e. The fourth-order valence-corrected chi connectivity index (χ4v) is 2.96. The molecule has 0 saturated heterocycles. The number of hydrogen-bond donors (Lipinski definition) is 2. The molecule has 5 nitrogen and oxygen atoms in total. The second kappa shape index (κ2) is 6.81. The molecule has 7 heteroatoms. The Kier molecular flexibility index (Phi) is 4.33. The minimum Gasteiger partial charge on any atom is -0.360 e. The monoisotopic (exact) mass is 380 g/mol. The third kappa shape index (κ3) is 3.39. The highest BCUT2D eigenvalue weighted by molar-refractivity contribution is 6.31. The molecule has 2 N–H and O–H groups in total. The molecule has 0 radical (unpaired) electrons. The third-order valence-corrected chi connectivity index (χ3v) is 4.40. The van der Waals surface area contributed by atoms with Gasteiger partial charge in [0.2, 0.25) is 5.95 Å². The first-order chi connectivity index (χ1) is 13.0. The number of carbonyl (C=O) groups excluding carboxylic acids is 1. The van der Waals surface area contributed by atoms with E-state index in [-0.39, 0.29) is 11.4 Å². The van der Waals surface area contributed by atoms with E-state index in [0.717, 1.165) is 11.2 Å². The molecule has 0 aliphatic rings. The number of ketones is 1. The molecule has 0 saturated carbocycles. The standard InChI is InChI=1S/C20H14ClFN4O/c1-11-2-4-13(9-23-11)25-18-7-5-14(20(22)26-18)19(27)16-10-24-17-6-3-12(21)8-15(16)17/h2-10,24H,1H3,(H,25,26). The average molecular weight is 381 g/mol. The molecule has 4 aromatic rings. The minimum atomic E-state index is -0.846. The number of H-pyrrole nitrogens is 1. The number of aromatic nitrogens is 3. The zero-order chi connectivity index (χ0) is 19.0. The summed E-state index contributed by atoms with van der Waals surface area (Å²) in [6.07, 6.45) is 3.18. The van der Waals surface area contributed by atoms with Gasteiger partial charge in [-0.25, -0.2) is 4.98 Å². The molecule has 1 aromatic carbocycles. The molecule has 0 fully saturated rings. The van der Waals surface area contributed by atoms with Gasteiger partial charge in [-0.05, 0) is 49.4 Å². The molecule has 0 aliphatic heterocycles. The first kappa shape index (κ1) is 17.2. The molecule has 0 amide bonds. The summed E-state index contributed by atoms with van der Waals surface area (Å²) in [4.78, 5) is 23.8. The van der Waals surface area contributed by atoms with Gasteiger partial charge >= 0.3 is 0 Å². The van der Waals surface area contributed by atoms with Crippen molar-refractivity contribution in [3.8, 4) is 0 Å². The van der Waals surface area contributed by atoms with Gasteiger partial charge in [0.15, 0.2) is 5.78 Å². The number of nitrogens with one attached hydrogen (secondary N) is 2. The van der Waals surface area contributed by atoms with Crippen LogP contribution in [0.2, 0.25) is 5.02 Å². The lowest BCUT2D eigenvalue weighted by atomic mass is 10.0. The predicted octanol–water partition coefficient (Wildman–Crippen LogP) is 5.03. The normalized spacial score (nSPS) is 10.9. The number of carbonyl (C=O) groups is 1. The molecule has 27 heavy (non-hydrogen) atoms. The quantitative estimate of drug-likeness (QED) is 0.384. The Morgan fingerprint density at radius 2 is 2.00 bits per heavy atom. The van der Waals surface area contributed by atoms with Gasteiger partial charge < -0.3 is 10.3 Å². The van der Waals surface area contributed by atoms with Gasteiger partial charge in [0.25, 0.3) is 0 Å². The molecule has 3 heterocycles. The van der Waals surface area contributed by atoms with Crippen molar-refractivity contribution in [3.63, 3.8) is 0 Å². The highest BCUT2D eigenvalue weighted by Crippen LogP contribution is 2.25. The first-order valence-corrected chi connectivity index (χ1v) is 8.56. The number of nitrogens with zero attached hydrogens (tertiary/aromatic N) is 2. The van der Waals surface area contributed by atoms with Crippen LogP contribution in [0.4, 0.5) is 15.9 Å². The van der Waals surface area contributed by atoms with E-state index >= 15 is 0 Å². The second-order valence-electron chi connectivity index (χ2n) is 6.07. The van der Waals surface area contributed by atoms with Crippen LogP contribution in [0.25, 0.3) is 10.9 Å². The molecular weight excluding hydrogens is 367 g/mol. The maximum absolute atomic E-state index is 14.5. The second-order valence-corrected chi connectivity index (χ2v) is 6.51. The van der Waals surface area contributed by atoms with Crippen molar-refractivity contribution in [3.05, 3.63) is 82.6 Å². The van der Waals surface area contributed by atoms with Crippen molar-refractivity contribution in [2.75, 3.05) is 5.32 Å². The Balaban J connectivity index is 1.64. The fraction of sp³-hybridized carbons (Fsp3) is 0.0500. The summed E-state index contributed by atoms with van der Waals surface area (Å²) in [6.45, 7) is 1.87. The van der Waals surface area contributed by atoms with Crippen LogP contribution in [0.5, 0.6) is 0 Å². The van der Waals surface area contributed by atoms with Crippen LogP contribution >= 0.6 is 11.6 Å². The van der Waals surface area contributed by atoms with Crippen LogP contribution in [0.1, 0.15) is 21.6 Å². The van der Waals surface area contributed by atoms with E-state index in [4.69, 9.17) is 11.6 Å². The van der Waals surface area contributed by atoms with Crippen molar-refractivity contribution in [2.45, 2.75) is 6.92 Å². The molecule has 0 spiro atoms. The fourth-order valence-electron chi connectivity index (χ4n) is 2.79. The van der Waals surface area contributed by atoms with Crippen LogP contribution in [0, 0.1) is 12.9 Å². The van der Waals surface area contributed by atoms with Crippen molar-refractivity contribution in [1.82, 2.24) is 15.0 Å². The predicted molar refractivity (Wildman–Crippen MR) is 103 cm³/mol. The van der Waals surface area contributed by atoms with Gasteiger partial charge in [-0.15, -0.1) is 0 Å². The Morgan fingerprint density at radius 3 is 2.74 bits per heavy atom. The van der Waals surface area contributed by atoms with Gasteiger partial charge in [-0.1, -0.05) is 11.6 Å². The number of halogens is 2. The van der Waals surface area contributed by atoms with E-state index in [2.05, 4.69) is 20.3 Å². The minimum absolute atomic E-state index is 0.108. The van der Waals surface area contributed by atoms with E-state index in [9.17, 15) is 9.18 Å². The lowest BCUT2D eigenvalue weighted by Crippen LogP contribution is -2.07. The Labute approximate surface area is 159 Å². The maximum atomic E-state index is 14.5. The molecule has 0 atom stereocenters. The Morgan fingerprint density at radius 1 is 1.15 bits per heavy atom. The lowest BCUT2D eigenvalue weighted by Gasteiger charge is -2.07. The lowest BCUT2D eigenvalue weighted by molar-refractivity contribution is 0.103. The number of pyridine rings is 2. The van der Waals surface area contributed by atoms with Gasteiger partial charge in [-0.2, -0.15) is 4.39 Å². The number of aromatic amines is 1. The highest BCUT2D eigenvalue weighted by Gasteiger charge is 2.19. The molecule has 0 aliphatic carbocycles. The van der Waals surface area contributed by atoms with Crippen LogP contribution < -0.4 is 5.32 Å². The summed E-state index contributed by atoms with van der Waals surface area (Å²) in [6, 6.07) is 11.8. The summed E-state index contributed by atoms with van der Waals surface area (Å²) in [5, 5.41) is 4.10. The zero-order valence-electron chi connectivity index (χ0n) is 14.3. The number of rotatable bonds is 4. The number of fused-ring (bicyclic) bond motifs is 1. The Hall–Kier alpha value is -3.25. The molecule has 3 aromatic heterocycles. The summed E-state index contributed by atoms with van der Waals surface area (Å²) < 4.78 is 14.5. The third-order valence-electron chi connectivity index (χ3n) is 4.17. The van der Waals surface area contributed by atoms with Gasteiger partial charge in [-0.3, -0.25) is 9.78 Å². The van der Waals surface area contributed by atoms with Crippen LogP contribution in [-0.4, -0.2) is 20.7 Å². The molecule has 0 bridgehead atoms. The zero-order valence-corrected chi connectivity index (χ0v) is 15.0. The number of hydrogen-bond acceptors (Lipinski definition) is 4. The largest absolute Gasteiger partial charge is 0.360 e. The molecule has 4 rings (SSSR count). The number of benzene rings is 1. The topological polar surface area (TPSA) is 70.7 Å². The summed E-state index contributed by atoms with van der Waals surface area (Å²) in [5.41, 5.74) is 2.54. The highest BCUT2D eigenvalue weighted by atomic mass is 35.5. The van der Waals surface area contributed by atoms with Crippen molar-refractivity contribution < 1.29 is 9.18 Å². The number of aryl methyl sites for hydroxylation is 1. The first-order valence-electron chi connectivity index (χ1n) is 8.19. The number of anilines is 2. The van der Waals surface area contributed by atoms with Gasteiger partial charge in [0.1, 0.15) is 5.82 Å². The van der Waals surface area contributed by atoms with Crippen LogP contribution in [0.15, 0.2) is 54.9 Å². The molecular formula is C20H14ClFN4O. The summed E-state index contributed by atoms with van der Waals surface area (Å²) >= 11 is 6.01. The van der Waals surface area contributed by atoms with Crippen LogP contribution in [-0.2, 0) is 0 Å². The van der Waals surface area contributed by atoms with E-state index < -0.39 is 11.7 Å². The van der Waals surface area contributed by atoms with Crippen molar-refractivity contribution in [2.24, 2.45) is 0 Å². The van der Waals surface area contributed by atoms with Crippen LogP contribution in [0.3, 0.4) is 0 Å². The van der Waals surface area contributed by atoms with E-state index in [1.165, 1.54) is 6.07 Å². The van der Waals surface area contributed by atoms with Crippen molar-refractivity contribution in [1.29, 1.82) is 0 Å². The van der Waals surface area contributed by atoms with Gasteiger partial charge in [0.05, 0.1) is 17.4 Å². The molecule has 134 valence electrons. The van der Waals surface area contributed by atoms with Crippen molar-refractivity contribution >= 4 is 39.8 Å².